The van der Waals surface area contributed by atoms with E-state index in [0.717, 1.165) is 32.1 Å². The van der Waals surface area contributed by atoms with Crippen LogP contribution < -0.4 is 10.9 Å². The van der Waals surface area contributed by atoms with Gasteiger partial charge in [-0.2, -0.15) is 0 Å². The molecule has 6 heteroatoms. The van der Waals surface area contributed by atoms with Crippen molar-refractivity contribution >= 4 is 11.8 Å². The summed E-state index contributed by atoms with van der Waals surface area (Å²) in [6.07, 6.45) is 7.81. The van der Waals surface area contributed by atoms with Gasteiger partial charge in [0.2, 0.25) is 0 Å². The number of nitrogens with one attached hydrogen (secondary N) is 1. The number of aryl methyl sites for hydroxylation is 1. The highest BCUT2D eigenvalue weighted by molar-refractivity contribution is 5.70. The SMILES string of the molecule is CCCn1ccnc(NCC2CCCCC2C(=O)O)c1=O. The standard InChI is InChI=1S/C15H23N3O3/c1-2-8-18-9-7-16-13(14(18)19)17-10-11-5-3-4-6-12(11)15(20)21/h7,9,11-12H,2-6,8,10H2,1H3,(H,16,17)(H,20,21). The molecule has 1 aromatic heterocycles. The smallest absolute Gasteiger partial charge is 0.306 e. The number of aliphatic carboxylic acids is 1. The van der Waals surface area contributed by atoms with E-state index >= 15 is 0 Å². The topological polar surface area (TPSA) is 84.2 Å². The molecule has 0 radical (unpaired) electrons. The van der Waals surface area contributed by atoms with Gasteiger partial charge in [0, 0.05) is 25.5 Å². The van der Waals surface area contributed by atoms with E-state index in [4.69, 9.17) is 0 Å². The number of hydrogen-bond donors (Lipinski definition) is 2. The molecule has 1 fully saturated rings. The maximum atomic E-state index is 12.2. The molecule has 0 bridgehead atoms. The minimum Gasteiger partial charge on any atom is -0.481 e. The fraction of sp³-hybridized carbons (Fsp3) is 0.667. The molecule has 0 saturated heterocycles. The quantitative estimate of drug-likeness (QED) is 0.837. The fourth-order valence-corrected chi connectivity index (χ4v) is 2.99. The molecule has 0 amide bonds. The van der Waals surface area contributed by atoms with Gasteiger partial charge in [0.05, 0.1) is 5.92 Å². The van der Waals surface area contributed by atoms with Crippen molar-refractivity contribution in [2.24, 2.45) is 11.8 Å². The second-order valence-electron chi connectivity index (χ2n) is 5.64. The first-order valence-corrected chi connectivity index (χ1v) is 7.65. The maximum absolute atomic E-state index is 12.2. The Kier molecular flexibility index (Phi) is 5.36. The van der Waals surface area contributed by atoms with Crippen LogP contribution in [-0.4, -0.2) is 27.2 Å². The monoisotopic (exact) mass is 293 g/mol. The van der Waals surface area contributed by atoms with E-state index in [0.29, 0.717) is 18.9 Å². The summed E-state index contributed by atoms with van der Waals surface area (Å²) in [5.74, 6) is -0.656. The Morgan fingerprint density at radius 1 is 1.48 bits per heavy atom. The molecule has 2 unspecified atom stereocenters. The molecule has 0 aromatic carbocycles. The van der Waals surface area contributed by atoms with Gasteiger partial charge in [0.25, 0.3) is 5.56 Å². The molecule has 0 aliphatic heterocycles. The number of carboxylic acid groups (broad SMARTS) is 1. The van der Waals surface area contributed by atoms with Crippen LogP contribution >= 0.6 is 0 Å². The Hall–Kier alpha value is -1.85. The van der Waals surface area contributed by atoms with Crippen LogP contribution in [0.1, 0.15) is 39.0 Å². The highest BCUT2D eigenvalue weighted by Crippen LogP contribution is 2.30. The molecule has 1 aliphatic rings. The van der Waals surface area contributed by atoms with Crippen molar-refractivity contribution in [2.45, 2.75) is 45.6 Å². The molecule has 1 saturated carbocycles. The average molecular weight is 293 g/mol. The van der Waals surface area contributed by atoms with Gasteiger partial charge in [0.1, 0.15) is 0 Å². The molecule has 2 N–H and O–H groups in total. The van der Waals surface area contributed by atoms with E-state index in [1.807, 2.05) is 6.92 Å². The maximum Gasteiger partial charge on any atom is 0.306 e. The molecule has 0 spiro atoms. The van der Waals surface area contributed by atoms with Crippen LogP contribution in [0.4, 0.5) is 5.82 Å². The summed E-state index contributed by atoms with van der Waals surface area (Å²) in [7, 11) is 0. The molecule has 6 nitrogen and oxygen atoms in total. The number of carboxylic acids is 1. The molecule has 1 heterocycles. The van der Waals surface area contributed by atoms with Crippen LogP contribution in [0, 0.1) is 11.8 Å². The largest absolute Gasteiger partial charge is 0.481 e. The number of carbonyl (C=O) groups is 1. The number of hydrogen-bond acceptors (Lipinski definition) is 4. The Labute approximate surface area is 124 Å². The Morgan fingerprint density at radius 2 is 2.24 bits per heavy atom. The fourth-order valence-electron chi connectivity index (χ4n) is 2.99. The van der Waals surface area contributed by atoms with Crippen LogP contribution in [0.15, 0.2) is 17.2 Å². The molecule has 21 heavy (non-hydrogen) atoms. The van der Waals surface area contributed by atoms with Crippen molar-refractivity contribution in [1.82, 2.24) is 9.55 Å². The summed E-state index contributed by atoms with van der Waals surface area (Å²) in [6.45, 7) is 3.17. The van der Waals surface area contributed by atoms with Gasteiger partial charge in [-0.05, 0) is 25.2 Å². The summed E-state index contributed by atoms with van der Waals surface area (Å²) in [4.78, 5) is 27.5. The predicted molar refractivity (Wildman–Crippen MR) is 80.4 cm³/mol. The second kappa shape index (κ2) is 7.24. The normalized spacial score (nSPS) is 22.0. The number of anilines is 1. The van der Waals surface area contributed by atoms with E-state index < -0.39 is 5.97 Å². The lowest BCUT2D eigenvalue weighted by molar-refractivity contribution is -0.144. The van der Waals surface area contributed by atoms with E-state index in [2.05, 4.69) is 10.3 Å². The Balaban J connectivity index is 2.03. The van der Waals surface area contributed by atoms with Crippen LogP contribution in [0.5, 0.6) is 0 Å². The van der Waals surface area contributed by atoms with Crippen molar-refractivity contribution in [3.8, 4) is 0 Å². The molecular weight excluding hydrogens is 270 g/mol. The van der Waals surface area contributed by atoms with Gasteiger partial charge in [-0.25, -0.2) is 4.98 Å². The van der Waals surface area contributed by atoms with Gasteiger partial charge in [-0.15, -0.1) is 0 Å². The Bertz CT molecular complexity index is 541. The molecule has 116 valence electrons. The van der Waals surface area contributed by atoms with Crippen LogP contribution in [0.3, 0.4) is 0 Å². The van der Waals surface area contributed by atoms with Gasteiger partial charge in [-0.3, -0.25) is 9.59 Å². The number of nitrogens with zero attached hydrogens (tertiary/aromatic N) is 2. The van der Waals surface area contributed by atoms with E-state index in [9.17, 15) is 14.7 Å². The van der Waals surface area contributed by atoms with Crippen LogP contribution in [0.25, 0.3) is 0 Å². The average Bonchev–Trinajstić information content (AvgIpc) is 2.48. The van der Waals surface area contributed by atoms with Crippen molar-refractivity contribution < 1.29 is 9.90 Å². The summed E-state index contributed by atoms with van der Waals surface area (Å²) in [6, 6.07) is 0. The van der Waals surface area contributed by atoms with E-state index in [1.165, 1.54) is 0 Å². The van der Waals surface area contributed by atoms with Gasteiger partial charge < -0.3 is 15.0 Å². The Morgan fingerprint density at radius 3 is 2.95 bits per heavy atom. The third-order valence-electron chi connectivity index (χ3n) is 4.14. The highest BCUT2D eigenvalue weighted by Gasteiger charge is 2.30. The van der Waals surface area contributed by atoms with E-state index in [1.54, 1.807) is 17.0 Å². The summed E-state index contributed by atoms with van der Waals surface area (Å²) >= 11 is 0. The van der Waals surface area contributed by atoms with Crippen molar-refractivity contribution in [3.05, 3.63) is 22.7 Å². The lowest BCUT2D eigenvalue weighted by Gasteiger charge is -2.28. The molecule has 1 aromatic rings. The third kappa shape index (κ3) is 3.83. The molecule has 2 atom stereocenters. The summed E-state index contributed by atoms with van der Waals surface area (Å²) in [5, 5.41) is 12.3. The van der Waals surface area contributed by atoms with Crippen LogP contribution in [0.2, 0.25) is 0 Å². The number of aromatic nitrogens is 2. The second-order valence-corrected chi connectivity index (χ2v) is 5.64. The zero-order chi connectivity index (χ0) is 15.2. The highest BCUT2D eigenvalue weighted by atomic mass is 16.4. The number of rotatable bonds is 6. The first-order valence-electron chi connectivity index (χ1n) is 7.65. The summed E-state index contributed by atoms with van der Waals surface area (Å²) in [5.41, 5.74) is -0.137. The summed E-state index contributed by atoms with van der Waals surface area (Å²) < 4.78 is 1.63. The van der Waals surface area contributed by atoms with Crippen molar-refractivity contribution in [3.63, 3.8) is 0 Å². The first kappa shape index (κ1) is 15.5. The van der Waals surface area contributed by atoms with Crippen molar-refractivity contribution in [2.75, 3.05) is 11.9 Å². The molecule has 1 aliphatic carbocycles. The molecular formula is C15H23N3O3. The van der Waals surface area contributed by atoms with E-state index in [-0.39, 0.29) is 17.4 Å². The van der Waals surface area contributed by atoms with Crippen LogP contribution in [-0.2, 0) is 11.3 Å². The zero-order valence-electron chi connectivity index (χ0n) is 12.4. The lowest BCUT2D eigenvalue weighted by Crippen LogP contribution is -2.33. The van der Waals surface area contributed by atoms with Gasteiger partial charge >= 0.3 is 5.97 Å². The lowest BCUT2D eigenvalue weighted by atomic mass is 9.79. The molecule has 2 rings (SSSR count). The third-order valence-corrected chi connectivity index (χ3v) is 4.14. The minimum absolute atomic E-state index is 0.0669. The van der Waals surface area contributed by atoms with Gasteiger partial charge in [-0.1, -0.05) is 19.8 Å². The van der Waals surface area contributed by atoms with Crippen molar-refractivity contribution in [1.29, 1.82) is 0 Å². The predicted octanol–water partition coefficient (Wildman–Crippen LogP) is 1.96. The first-order chi connectivity index (χ1) is 10.1. The minimum atomic E-state index is -0.731. The zero-order valence-corrected chi connectivity index (χ0v) is 12.4. The van der Waals surface area contributed by atoms with Gasteiger partial charge in [0.15, 0.2) is 5.82 Å².